The average Bonchev–Trinajstić information content (AvgIpc) is 2.34. The standard InChI is InChI=1S/C14H19ClN2/c1-10-4-6-14(7-5-10)9-16-13-8-11(15)2-3-12(13)17-14/h2-3,8,10,16-17H,4-7,9H2,1H3. The first-order valence-corrected chi connectivity index (χ1v) is 6.86. The summed E-state index contributed by atoms with van der Waals surface area (Å²) < 4.78 is 0. The SMILES string of the molecule is CC1CCC2(CC1)CNc1cc(Cl)ccc1N2. The predicted octanol–water partition coefficient (Wildman–Crippen LogP) is 4.13. The second-order valence-electron chi connectivity index (χ2n) is 5.63. The minimum atomic E-state index is 0.271. The van der Waals surface area contributed by atoms with Gasteiger partial charge in [0.05, 0.1) is 16.9 Å². The van der Waals surface area contributed by atoms with Crippen molar-refractivity contribution in [2.24, 2.45) is 5.92 Å². The third kappa shape index (κ3) is 2.11. The molecule has 0 unspecified atom stereocenters. The van der Waals surface area contributed by atoms with E-state index in [2.05, 4.69) is 23.6 Å². The fraction of sp³-hybridized carbons (Fsp3) is 0.571. The Labute approximate surface area is 108 Å². The van der Waals surface area contributed by atoms with Crippen molar-refractivity contribution in [3.63, 3.8) is 0 Å². The van der Waals surface area contributed by atoms with Crippen LogP contribution in [0.25, 0.3) is 0 Å². The maximum atomic E-state index is 6.01. The number of hydrogen-bond donors (Lipinski definition) is 2. The molecule has 0 amide bonds. The molecule has 2 aliphatic rings. The number of halogens is 1. The van der Waals surface area contributed by atoms with Gasteiger partial charge in [0, 0.05) is 11.6 Å². The summed E-state index contributed by atoms with van der Waals surface area (Å²) in [5, 5.41) is 8.07. The molecule has 1 aromatic carbocycles. The lowest BCUT2D eigenvalue weighted by Gasteiger charge is -2.44. The Bertz CT molecular complexity index is 422. The summed E-state index contributed by atoms with van der Waals surface area (Å²) in [6.45, 7) is 3.38. The van der Waals surface area contributed by atoms with Gasteiger partial charge in [-0.05, 0) is 49.8 Å². The second kappa shape index (κ2) is 4.09. The van der Waals surface area contributed by atoms with Crippen LogP contribution in [0.5, 0.6) is 0 Å². The molecular weight excluding hydrogens is 232 g/mol. The van der Waals surface area contributed by atoms with Crippen molar-refractivity contribution in [1.29, 1.82) is 0 Å². The molecule has 1 saturated carbocycles. The molecule has 2 N–H and O–H groups in total. The van der Waals surface area contributed by atoms with Crippen molar-refractivity contribution in [3.8, 4) is 0 Å². The van der Waals surface area contributed by atoms with E-state index in [1.165, 1.54) is 31.4 Å². The minimum absolute atomic E-state index is 0.271. The van der Waals surface area contributed by atoms with E-state index in [0.717, 1.165) is 23.2 Å². The van der Waals surface area contributed by atoms with E-state index in [0.29, 0.717) is 0 Å². The first-order valence-electron chi connectivity index (χ1n) is 6.49. The Hall–Kier alpha value is -0.890. The highest BCUT2D eigenvalue weighted by Gasteiger charge is 2.36. The average molecular weight is 251 g/mol. The fourth-order valence-corrected chi connectivity index (χ4v) is 3.15. The molecule has 0 aromatic heterocycles. The van der Waals surface area contributed by atoms with E-state index >= 15 is 0 Å². The smallest absolute Gasteiger partial charge is 0.0591 e. The molecule has 0 radical (unpaired) electrons. The largest absolute Gasteiger partial charge is 0.381 e. The van der Waals surface area contributed by atoms with E-state index in [9.17, 15) is 0 Å². The third-order valence-electron chi connectivity index (χ3n) is 4.23. The molecule has 1 fully saturated rings. The zero-order valence-corrected chi connectivity index (χ0v) is 11.0. The number of nitrogens with one attached hydrogen (secondary N) is 2. The van der Waals surface area contributed by atoms with Gasteiger partial charge in [-0.15, -0.1) is 0 Å². The van der Waals surface area contributed by atoms with E-state index < -0.39 is 0 Å². The molecule has 1 heterocycles. The molecule has 3 heteroatoms. The monoisotopic (exact) mass is 250 g/mol. The number of hydrogen-bond acceptors (Lipinski definition) is 2. The van der Waals surface area contributed by atoms with Crippen molar-refractivity contribution in [2.75, 3.05) is 17.2 Å². The van der Waals surface area contributed by atoms with Crippen molar-refractivity contribution in [3.05, 3.63) is 23.2 Å². The van der Waals surface area contributed by atoms with Crippen molar-refractivity contribution in [1.82, 2.24) is 0 Å². The van der Waals surface area contributed by atoms with Crippen molar-refractivity contribution < 1.29 is 0 Å². The summed E-state index contributed by atoms with van der Waals surface area (Å²) in [6.07, 6.45) is 5.20. The lowest BCUT2D eigenvalue weighted by molar-refractivity contribution is 0.274. The molecule has 0 saturated heterocycles. The first-order chi connectivity index (χ1) is 8.17. The molecule has 3 rings (SSSR count). The van der Waals surface area contributed by atoms with Gasteiger partial charge in [-0.2, -0.15) is 0 Å². The summed E-state index contributed by atoms with van der Waals surface area (Å²) in [7, 11) is 0. The van der Waals surface area contributed by atoms with Crippen molar-refractivity contribution >= 4 is 23.0 Å². The van der Waals surface area contributed by atoms with Crippen molar-refractivity contribution in [2.45, 2.75) is 38.1 Å². The van der Waals surface area contributed by atoms with E-state index in [1.807, 2.05) is 12.1 Å². The molecular formula is C14H19ClN2. The van der Waals surface area contributed by atoms with E-state index in [4.69, 9.17) is 11.6 Å². The van der Waals surface area contributed by atoms with E-state index in [1.54, 1.807) is 0 Å². The van der Waals surface area contributed by atoms with Gasteiger partial charge in [0.25, 0.3) is 0 Å². The molecule has 1 spiro atoms. The fourth-order valence-electron chi connectivity index (χ4n) is 2.98. The maximum absolute atomic E-state index is 6.01. The normalized spacial score (nSPS) is 31.5. The zero-order valence-electron chi connectivity index (χ0n) is 10.2. The van der Waals surface area contributed by atoms with Gasteiger partial charge < -0.3 is 10.6 Å². The van der Waals surface area contributed by atoms with Crippen LogP contribution in [0.3, 0.4) is 0 Å². The summed E-state index contributed by atoms with van der Waals surface area (Å²) in [6, 6.07) is 6.05. The highest BCUT2D eigenvalue weighted by Crippen LogP contribution is 2.40. The van der Waals surface area contributed by atoms with E-state index in [-0.39, 0.29) is 5.54 Å². The van der Waals surface area contributed by atoms with Gasteiger partial charge >= 0.3 is 0 Å². The molecule has 17 heavy (non-hydrogen) atoms. The number of fused-ring (bicyclic) bond motifs is 1. The molecule has 1 aromatic rings. The van der Waals surface area contributed by atoms with Crippen LogP contribution in [-0.2, 0) is 0 Å². The Morgan fingerprint density at radius 2 is 2.00 bits per heavy atom. The molecule has 1 aliphatic carbocycles. The van der Waals surface area contributed by atoms with Crippen LogP contribution in [-0.4, -0.2) is 12.1 Å². The third-order valence-corrected chi connectivity index (χ3v) is 4.47. The van der Waals surface area contributed by atoms with Gasteiger partial charge in [-0.25, -0.2) is 0 Å². The molecule has 92 valence electrons. The van der Waals surface area contributed by atoms with Crippen LogP contribution in [0.2, 0.25) is 5.02 Å². The molecule has 0 atom stereocenters. The quantitative estimate of drug-likeness (QED) is 0.724. The van der Waals surface area contributed by atoms with Gasteiger partial charge in [-0.1, -0.05) is 18.5 Å². The maximum Gasteiger partial charge on any atom is 0.0591 e. The van der Waals surface area contributed by atoms with Crippen LogP contribution < -0.4 is 10.6 Å². The Balaban J connectivity index is 1.83. The lowest BCUT2D eigenvalue weighted by Crippen LogP contribution is -2.49. The minimum Gasteiger partial charge on any atom is -0.381 e. The summed E-state index contributed by atoms with van der Waals surface area (Å²) in [5.74, 6) is 0.883. The zero-order chi connectivity index (χ0) is 11.9. The Morgan fingerprint density at radius 3 is 2.76 bits per heavy atom. The summed E-state index contributed by atoms with van der Waals surface area (Å²) in [5.41, 5.74) is 2.62. The molecule has 0 bridgehead atoms. The van der Waals surface area contributed by atoms with Gasteiger partial charge in [0.2, 0.25) is 0 Å². The summed E-state index contributed by atoms with van der Waals surface area (Å²) in [4.78, 5) is 0. The van der Waals surface area contributed by atoms with Gasteiger partial charge in [-0.3, -0.25) is 0 Å². The summed E-state index contributed by atoms with van der Waals surface area (Å²) >= 11 is 6.01. The molecule has 1 aliphatic heterocycles. The topological polar surface area (TPSA) is 24.1 Å². The second-order valence-corrected chi connectivity index (χ2v) is 6.07. The number of rotatable bonds is 0. The Kier molecular flexibility index (Phi) is 2.70. The van der Waals surface area contributed by atoms with Crippen LogP contribution in [0.1, 0.15) is 32.6 Å². The number of benzene rings is 1. The van der Waals surface area contributed by atoms with Crippen LogP contribution in [0, 0.1) is 5.92 Å². The predicted molar refractivity (Wildman–Crippen MR) is 73.9 cm³/mol. The first kappa shape index (κ1) is 11.2. The number of anilines is 2. The Morgan fingerprint density at radius 1 is 1.24 bits per heavy atom. The van der Waals surface area contributed by atoms with Crippen LogP contribution in [0.4, 0.5) is 11.4 Å². The highest BCUT2D eigenvalue weighted by molar-refractivity contribution is 6.31. The van der Waals surface area contributed by atoms with Crippen LogP contribution >= 0.6 is 11.6 Å². The van der Waals surface area contributed by atoms with Gasteiger partial charge in [0.1, 0.15) is 0 Å². The molecule has 2 nitrogen and oxygen atoms in total. The highest BCUT2D eigenvalue weighted by atomic mass is 35.5. The van der Waals surface area contributed by atoms with Gasteiger partial charge in [0.15, 0.2) is 0 Å². The lowest BCUT2D eigenvalue weighted by atomic mass is 9.76. The van der Waals surface area contributed by atoms with Crippen LogP contribution in [0.15, 0.2) is 18.2 Å².